The van der Waals surface area contributed by atoms with Crippen molar-refractivity contribution < 1.29 is 29.0 Å². The molecule has 11 heteroatoms. The highest BCUT2D eigenvalue weighted by Crippen LogP contribution is 2.65. The van der Waals surface area contributed by atoms with E-state index in [0.717, 1.165) is 4.90 Å². The zero-order chi connectivity index (χ0) is 27.2. The van der Waals surface area contributed by atoms with Crippen LogP contribution in [0.1, 0.15) is 45.1 Å². The van der Waals surface area contributed by atoms with Crippen molar-refractivity contribution in [2.75, 3.05) is 12.6 Å². The molecule has 2 saturated heterocycles. The number of aromatic hydroxyl groups is 1. The van der Waals surface area contributed by atoms with Crippen LogP contribution < -0.4 is 4.74 Å². The van der Waals surface area contributed by atoms with Crippen molar-refractivity contribution >= 4 is 62.8 Å². The molecule has 5 rings (SSSR count). The lowest BCUT2D eigenvalue weighted by molar-refractivity contribution is -0.146. The van der Waals surface area contributed by atoms with E-state index in [1.165, 1.54) is 18.1 Å². The first-order valence-electron chi connectivity index (χ1n) is 12.0. The maximum absolute atomic E-state index is 13.8. The van der Waals surface area contributed by atoms with Crippen molar-refractivity contribution in [3.8, 4) is 11.5 Å². The third-order valence-corrected chi connectivity index (χ3v) is 10.1. The largest absolute Gasteiger partial charge is 0.504 e. The average Bonchev–Trinajstić information content (AvgIpc) is 3.17. The maximum atomic E-state index is 13.8. The predicted octanol–water partition coefficient (Wildman–Crippen LogP) is 3.91. The van der Waals surface area contributed by atoms with Gasteiger partial charge in [0.15, 0.2) is 21.2 Å². The Labute approximate surface area is 233 Å². The Bertz CT molecular complexity index is 1280. The molecule has 4 amide bonds. The zero-order valence-electron chi connectivity index (χ0n) is 20.8. The molecule has 6 atom stereocenters. The molecule has 0 unspecified atom stereocenters. The van der Waals surface area contributed by atoms with Crippen LogP contribution in [0.5, 0.6) is 11.5 Å². The van der Waals surface area contributed by atoms with Crippen LogP contribution in [0.3, 0.4) is 0 Å². The van der Waals surface area contributed by atoms with Crippen LogP contribution in [0.4, 0.5) is 0 Å². The third kappa shape index (κ3) is 3.32. The molecule has 8 nitrogen and oxygen atoms in total. The summed E-state index contributed by atoms with van der Waals surface area (Å²) in [6, 6.07) is 4.60. The Morgan fingerprint density at radius 2 is 1.78 bits per heavy atom. The number of hydrogen-bond donors (Lipinski definition) is 1. The fourth-order valence-corrected chi connectivity index (χ4v) is 8.09. The molecular weight excluding hydrogens is 587 g/mol. The Morgan fingerprint density at radius 1 is 1.11 bits per heavy atom. The molecule has 2 heterocycles. The number of hydrogen-bond acceptors (Lipinski definition) is 6. The summed E-state index contributed by atoms with van der Waals surface area (Å²) >= 11 is 17.6. The van der Waals surface area contributed by atoms with Gasteiger partial charge < -0.3 is 9.84 Å². The molecule has 1 aromatic carbocycles. The monoisotopic (exact) mass is 612 g/mol. The Hall–Kier alpha value is -2.10. The number of phenols is 1. The van der Waals surface area contributed by atoms with Crippen LogP contribution in [0.15, 0.2) is 29.8 Å². The number of likely N-dealkylation sites (tertiary alicyclic amines) is 2. The van der Waals surface area contributed by atoms with Crippen LogP contribution in [-0.2, 0) is 19.2 Å². The molecule has 37 heavy (non-hydrogen) atoms. The summed E-state index contributed by atoms with van der Waals surface area (Å²) in [7, 11) is 1.40. The van der Waals surface area contributed by atoms with Gasteiger partial charge in [0, 0.05) is 11.5 Å². The lowest BCUT2D eigenvalue weighted by atomic mass is 9.56. The number of carbonyl (C=O) groups is 4. The van der Waals surface area contributed by atoms with Gasteiger partial charge in [0.2, 0.25) is 11.8 Å². The van der Waals surface area contributed by atoms with E-state index in [4.69, 9.17) is 27.9 Å². The molecule has 2 aliphatic carbocycles. The van der Waals surface area contributed by atoms with E-state index < -0.39 is 50.8 Å². The molecule has 1 N–H and O–H groups in total. The molecular formula is C26H27BrCl2N2O6. The van der Waals surface area contributed by atoms with Crippen molar-refractivity contribution in [1.82, 2.24) is 9.80 Å². The number of halogens is 3. The van der Waals surface area contributed by atoms with Gasteiger partial charge in [-0.25, -0.2) is 0 Å². The first-order valence-corrected chi connectivity index (χ1v) is 13.9. The lowest BCUT2D eigenvalue weighted by Gasteiger charge is -2.50. The fraction of sp³-hybridized carbons (Fsp3) is 0.538. The second-order valence-corrected chi connectivity index (χ2v) is 12.8. The molecule has 0 aromatic heterocycles. The molecule has 198 valence electrons. The second-order valence-electron chi connectivity index (χ2n) is 11.1. The number of alkyl halides is 3. The summed E-state index contributed by atoms with van der Waals surface area (Å²) in [5.41, 5.74) is 0.385. The lowest BCUT2D eigenvalue weighted by Crippen LogP contribution is -2.60. The summed E-state index contributed by atoms with van der Waals surface area (Å²) in [5.74, 6) is -4.61. The van der Waals surface area contributed by atoms with Gasteiger partial charge >= 0.3 is 0 Å². The van der Waals surface area contributed by atoms with Gasteiger partial charge in [-0.05, 0) is 57.2 Å². The van der Waals surface area contributed by atoms with Crippen molar-refractivity contribution in [2.24, 2.45) is 17.8 Å². The number of nitrogens with zero attached hydrogens (tertiary/aromatic N) is 2. The zero-order valence-corrected chi connectivity index (χ0v) is 23.9. The molecule has 0 bridgehead atoms. The topological polar surface area (TPSA) is 104 Å². The van der Waals surface area contributed by atoms with Gasteiger partial charge in [-0.15, -0.1) is 23.2 Å². The van der Waals surface area contributed by atoms with Gasteiger partial charge in [-0.2, -0.15) is 0 Å². The molecule has 4 aliphatic rings. The number of fused-ring (bicyclic) bond motifs is 4. The van der Waals surface area contributed by atoms with E-state index in [1.54, 1.807) is 32.9 Å². The number of methoxy groups -OCH3 is 1. The van der Waals surface area contributed by atoms with Gasteiger partial charge in [0.1, 0.15) is 0 Å². The van der Waals surface area contributed by atoms with Gasteiger partial charge in [-0.3, -0.25) is 29.0 Å². The normalized spacial score (nSPS) is 35.4. The number of imide groups is 2. The summed E-state index contributed by atoms with van der Waals surface area (Å²) in [6.45, 7) is 5.42. The maximum Gasteiger partial charge on any atom is 0.254 e. The fourth-order valence-electron chi connectivity index (χ4n) is 6.66. The minimum absolute atomic E-state index is 0.0676. The standard InChI is InChI=1S/C26H27BrCl2N2O6/c1-24(2,3)31-20(33)14-7-6-13-15(18(14)21(31)34)10-25(28)22(35)30(11-27)23(36)26(25,29)19(13)12-5-8-16(32)17(9-12)37-4/h5-6,8-9,14-15,18-19,32H,7,10-11H2,1-4H3/t14-,15+,18-,19-,25+,26-/m0/s1. The van der Waals surface area contributed by atoms with Crippen LogP contribution >= 0.6 is 39.1 Å². The number of rotatable bonds is 3. The van der Waals surface area contributed by atoms with Crippen LogP contribution in [0, 0.1) is 17.8 Å². The summed E-state index contributed by atoms with van der Waals surface area (Å²) in [5, 5.41) is 10.2. The van der Waals surface area contributed by atoms with Gasteiger partial charge in [0.25, 0.3) is 11.8 Å². The Morgan fingerprint density at radius 3 is 2.38 bits per heavy atom. The van der Waals surface area contributed by atoms with E-state index >= 15 is 0 Å². The van der Waals surface area contributed by atoms with Crippen LogP contribution in [0.2, 0.25) is 0 Å². The average molecular weight is 614 g/mol. The van der Waals surface area contributed by atoms with Crippen molar-refractivity contribution in [3.05, 3.63) is 35.4 Å². The van der Waals surface area contributed by atoms with Gasteiger partial charge in [0.05, 0.1) is 24.4 Å². The molecule has 1 saturated carbocycles. The highest BCUT2D eigenvalue weighted by molar-refractivity contribution is 9.09. The summed E-state index contributed by atoms with van der Waals surface area (Å²) < 4.78 is 5.30. The molecule has 1 aromatic rings. The van der Waals surface area contributed by atoms with E-state index in [1.807, 2.05) is 6.08 Å². The first kappa shape index (κ1) is 26.5. The Balaban J connectivity index is 1.73. The number of carbonyl (C=O) groups excluding carboxylic acids is 4. The third-order valence-electron chi connectivity index (χ3n) is 8.22. The molecule has 3 fully saturated rings. The van der Waals surface area contributed by atoms with Crippen LogP contribution in [-0.4, -0.2) is 66.4 Å². The summed E-state index contributed by atoms with van der Waals surface area (Å²) in [6.07, 6.45) is 2.11. The van der Waals surface area contributed by atoms with E-state index in [0.29, 0.717) is 17.6 Å². The van der Waals surface area contributed by atoms with Crippen molar-refractivity contribution in [1.29, 1.82) is 0 Å². The Kier molecular flexibility index (Phi) is 6.05. The summed E-state index contributed by atoms with van der Waals surface area (Å²) in [4.78, 5) is 53.0. The highest BCUT2D eigenvalue weighted by atomic mass is 79.9. The SMILES string of the molecule is COc1cc([C@H]2C3=CC[C@@H]4C(=O)N(C(C)(C)C)C(=O)[C@@H]4[C@@H]3C[C@@]3(Cl)C(=O)N(CBr)C(=O)[C@@]23Cl)ccc1O. The van der Waals surface area contributed by atoms with E-state index in [2.05, 4.69) is 15.9 Å². The number of ether oxygens (including phenoxy) is 1. The van der Waals surface area contributed by atoms with Crippen molar-refractivity contribution in [3.63, 3.8) is 0 Å². The molecule has 0 radical (unpaired) electrons. The number of benzene rings is 1. The van der Waals surface area contributed by atoms with Crippen molar-refractivity contribution in [2.45, 2.75) is 54.8 Å². The number of amides is 4. The minimum atomic E-state index is -1.90. The van der Waals surface area contributed by atoms with E-state index in [9.17, 15) is 24.3 Å². The smallest absolute Gasteiger partial charge is 0.254 e. The van der Waals surface area contributed by atoms with Crippen LogP contribution in [0.25, 0.3) is 0 Å². The predicted molar refractivity (Wildman–Crippen MR) is 140 cm³/mol. The molecule has 0 spiro atoms. The number of phenolic OH excluding ortho intramolecular Hbond substituents is 1. The highest BCUT2D eigenvalue weighted by Gasteiger charge is 2.76. The quantitative estimate of drug-likeness (QED) is 0.240. The minimum Gasteiger partial charge on any atom is -0.504 e. The van der Waals surface area contributed by atoms with Gasteiger partial charge in [-0.1, -0.05) is 33.6 Å². The first-order chi connectivity index (χ1) is 17.2. The number of allylic oxidation sites excluding steroid dienone is 2. The second kappa shape index (κ2) is 8.45. The molecule has 2 aliphatic heterocycles. The van der Waals surface area contributed by atoms with E-state index in [-0.39, 0.29) is 35.2 Å².